The van der Waals surface area contributed by atoms with E-state index < -0.39 is 0 Å². The molecule has 4 atom stereocenters. The van der Waals surface area contributed by atoms with Gasteiger partial charge in [-0.2, -0.15) is 0 Å². The number of benzene rings is 1. The van der Waals surface area contributed by atoms with Gasteiger partial charge < -0.3 is 5.73 Å². The molecule has 21 heavy (non-hydrogen) atoms. The molecule has 0 aromatic heterocycles. The molecule has 2 N–H and O–H groups in total. The van der Waals surface area contributed by atoms with Gasteiger partial charge in [-0.05, 0) is 42.6 Å². The van der Waals surface area contributed by atoms with Crippen LogP contribution in [0.25, 0.3) is 0 Å². The third kappa shape index (κ3) is 3.32. The van der Waals surface area contributed by atoms with Gasteiger partial charge in [-0.15, -0.1) is 0 Å². The van der Waals surface area contributed by atoms with E-state index >= 15 is 0 Å². The first kappa shape index (κ1) is 15.1. The maximum atomic E-state index is 6.40. The summed E-state index contributed by atoms with van der Waals surface area (Å²) < 4.78 is 0. The third-order valence-electron chi connectivity index (χ3n) is 5.50. The van der Waals surface area contributed by atoms with E-state index in [-0.39, 0.29) is 0 Å². The van der Waals surface area contributed by atoms with Crippen LogP contribution in [0.2, 0.25) is 0 Å². The van der Waals surface area contributed by atoms with Crippen molar-refractivity contribution in [1.29, 1.82) is 0 Å². The van der Waals surface area contributed by atoms with Crippen molar-refractivity contribution in [1.82, 2.24) is 4.90 Å². The minimum Gasteiger partial charge on any atom is -0.327 e. The van der Waals surface area contributed by atoms with E-state index in [1.165, 1.54) is 44.3 Å². The molecule has 1 saturated carbocycles. The molecule has 4 unspecified atom stereocenters. The van der Waals surface area contributed by atoms with Crippen LogP contribution in [0, 0.1) is 17.8 Å². The molecule has 1 aromatic carbocycles. The van der Waals surface area contributed by atoms with Crippen LogP contribution in [-0.4, -0.2) is 24.0 Å². The SMILES string of the molecule is CC(C)CC(c1ccccc1)N1CC2CCCC(N)C2C1. The molecular formula is C19H30N2. The summed E-state index contributed by atoms with van der Waals surface area (Å²) in [5, 5.41) is 0. The normalized spacial score (nSPS) is 31.3. The maximum absolute atomic E-state index is 6.40. The molecule has 0 radical (unpaired) electrons. The van der Waals surface area contributed by atoms with Crippen LogP contribution in [0.4, 0.5) is 0 Å². The number of nitrogens with zero attached hydrogens (tertiary/aromatic N) is 1. The number of rotatable bonds is 4. The van der Waals surface area contributed by atoms with Gasteiger partial charge in [0.05, 0.1) is 0 Å². The molecule has 0 amide bonds. The van der Waals surface area contributed by atoms with Gasteiger partial charge in [-0.25, -0.2) is 0 Å². The van der Waals surface area contributed by atoms with E-state index in [1.54, 1.807) is 0 Å². The van der Waals surface area contributed by atoms with Crippen molar-refractivity contribution in [3.8, 4) is 0 Å². The van der Waals surface area contributed by atoms with E-state index in [0.717, 1.165) is 17.8 Å². The van der Waals surface area contributed by atoms with E-state index in [2.05, 4.69) is 49.1 Å². The zero-order valence-electron chi connectivity index (χ0n) is 13.5. The predicted molar refractivity (Wildman–Crippen MR) is 89.0 cm³/mol. The summed E-state index contributed by atoms with van der Waals surface area (Å²) in [6.45, 7) is 7.14. The van der Waals surface area contributed by atoms with Crippen LogP contribution in [-0.2, 0) is 0 Å². The largest absolute Gasteiger partial charge is 0.327 e. The summed E-state index contributed by atoms with van der Waals surface area (Å²) >= 11 is 0. The fraction of sp³-hybridized carbons (Fsp3) is 0.684. The zero-order chi connectivity index (χ0) is 14.8. The number of likely N-dealkylation sites (tertiary alicyclic amines) is 1. The average molecular weight is 286 g/mol. The molecule has 2 nitrogen and oxygen atoms in total. The lowest BCUT2D eigenvalue weighted by atomic mass is 9.78. The molecule has 1 heterocycles. The van der Waals surface area contributed by atoms with Crippen LogP contribution in [0.3, 0.4) is 0 Å². The average Bonchev–Trinajstić information content (AvgIpc) is 2.91. The standard InChI is InChI=1S/C19H30N2/c1-14(2)11-19(15-7-4-3-5-8-15)21-12-16-9-6-10-18(20)17(16)13-21/h3-5,7-8,14,16-19H,6,9-13,20H2,1-2H3. The van der Waals surface area contributed by atoms with Crippen molar-refractivity contribution in [2.75, 3.05) is 13.1 Å². The molecule has 0 spiro atoms. The molecule has 116 valence electrons. The minimum absolute atomic E-state index is 0.434. The first-order valence-corrected chi connectivity index (χ1v) is 8.69. The summed E-state index contributed by atoms with van der Waals surface area (Å²) in [5.41, 5.74) is 7.88. The molecule has 1 aliphatic carbocycles. The van der Waals surface area contributed by atoms with Crippen molar-refractivity contribution in [3.63, 3.8) is 0 Å². The van der Waals surface area contributed by atoms with Crippen LogP contribution in [0.1, 0.15) is 51.1 Å². The minimum atomic E-state index is 0.434. The second kappa shape index (κ2) is 6.50. The van der Waals surface area contributed by atoms with E-state index in [4.69, 9.17) is 5.73 Å². The predicted octanol–water partition coefficient (Wildman–Crippen LogP) is 3.83. The van der Waals surface area contributed by atoms with E-state index in [1.807, 2.05) is 0 Å². The molecule has 2 fully saturated rings. The molecule has 0 bridgehead atoms. The molecule has 2 aliphatic rings. The molecule has 1 aliphatic heterocycles. The van der Waals surface area contributed by atoms with Gasteiger partial charge in [0, 0.05) is 25.2 Å². The van der Waals surface area contributed by atoms with Gasteiger partial charge in [-0.1, -0.05) is 50.6 Å². The Morgan fingerprint density at radius 3 is 2.57 bits per heavy atom. The first-order valence-electron chi connectivity index (χ1n) is 8.69. The Morgan fingerprint density at radius 1 is 1.14 bits per heavy atom. The Labute approximate surface area is 129 Å². The van der Waals surface area contributed by atoms with Crippen molar-refractivity contribution in [2.24, 2.45) is 23.5 Å². The Balaban J connectivity index is 1.78. The van der Waals surface area contributed by atoms with Crippen LogP contribution >= 0.6 is 0 Å². The lowest BCUT2D eigenvalue weighted by Gasteiger charge is -2.30. The Bertz CT molecular complexity index is 442. The summed E-state index contributed by atoms with van der Waals surface area (Å²) in [7, 11) is 0. The second-order valence-corrected chi connectivity index (χ2v) is 7.53. The summed E-state index contributed by atoms with van der Waals surface area (Å²) in [6, 6.07) is 12.1. The van der Waals surface area contributed by atoms with Gasteiger partial charge in [-0.3, -0.25) is 4.90 Å². The molecule has 2 heteroatoms. The van der Waals surface area contributed by atoms with Crippen LogP contribution < -0.4 is 5.73 Å². The maximum Gasteiger partial charge on any atom is 0.0350 e. The highest BCUT2D eigenvalue weighted by molar-refractivity contribution is 5.20. The Hall–Kier alpha value is -0.860. The highest BCUT2D eigenvalue weighted by Crippen LogP contribution is 2.40. The molecule has 1 aromatic rings. The lowest BCUT2D eigenvalue weighted by Crippen LogP contribution is -2.38. The van der Waals surface area contributed by atoms with Gasteiger partial charge in [0.25, 0.3) is 0 Å². The van der Waals surface area contributed by atoms with Gasteiger partial charge in [0.1, 0.15) is 0 Å². The van der Waals surface area contributed by atoms with Crippen LogP contribution in [0.5, 0.6) is 0 Å². The first-order chi connectivity index (χ1) is 10.1. The molecular weight excluding hydrogens is 256 g/mol. The Morgan fingerprint density at radius 2 is 1.90 bits per heavy atom. The molecule has 3 rings (SSSR count). The van der Waals surface area contributed by atoms with Crippen molar-refractivity contribution < 1.29 is 0 Å². The fourth-order valence-electron chi connectivity index (χ4n) is 4.42. The van der Waals surface area contributed by atoms with Gasteiger partial charge in [0.15, 0.2) is 0 Å². The quantitative estimate of drug-likeness (QED) is 0.911. The van der Waals surface area contributed by atoms with E-state index in [9.17, 15) is 0 Å². The highest BCUT2D eigenvalue weighted by atomic mass is 15.2. The molecule has 1 saturated heterocycles. The van der Waals surface area contributed by atoms with E-state index in [0.29, 0.717) is 12.1 Å². The lowest BCUT2D eigenvalue weighted by molar-refractivity contribution is 0.203. The highest BCUT2D eigenvalue weighted by Gasteiger charge is 2.41. The topological polar surface area (TPSA) is 29.3 Å². The zero-order valence-corrected chi connectivity index (χ0v) is 13.5. The number of fused-ring (bicyclic) bond motifs is 1. The fourth-order valence-corrected chi connectivity index (χ4v) is 4.42. The smallest absolute Gasteiger partial charge is 0.0350 e. The summed E-state index contributed by atoms with van der Waals surface area (Å²) in [4.78, 5) is 2.73. The third-order valence-corrected chi connectivity index (χ3v) is 5.50. The monoisotopic (exact) mass is 286 g/mol. The Kier molecular flexibility index (Phi) is 4.66. The summed E-state index contributed by atoms with van der Waals surface area (Å²) in [6.07, 6.45) is 5.20. The van der Waals surface area contributed by atoms with Crippen molar-refractivity contribution >= 4 is 0 Å². The van der Waals surface area contributed by atoms with Gasteiger partial charge in [0.2, 0.25) is 0 Å². The van der Waals surface area contributed by atoms with Crippen molar-refractivity contribution in [3.05, 3.63) is 35.9 Å². The number of hydrogen-bond donors (Lipinski definition) is 1. The number of hydrogen-bond acceptors (Lipinski definition) is 2. The van der Waals surface area contributed by atoms with Crippen molar-refractivity contribution in [2.45, 2.75) is 51.6 Å². The number of nitrogens with two attached hydrogens (primary N) is 1. The summed E-state index contributed by atoms with van der Waals surface area (Å²) in [5.74, 6) is 2.30. The van der Waals surface area contributed by atoms with Gasteiger partial charge >= 0.3 is 0 Å². The second-order valence-electron chi connectivity index (χ2n) is 7.53. The van der Waals surface area contributed by atoms with Crippen LogP contribution in [0.15, 0.2) is 30.3 Å².